The smallest absolute Gasteiger partial charge is 0.253 e. The first-order chi connectivity index (χ1) is 14.7. The number of sulfonamides is 1. The average molecular weight is 463 g/mol. The summed E-state index contributed by atoms with van der Waals surface area (Å²) in [7, 11) is -3.71. The van der Waals surface area contributed by atoms with Gasteiger partial charge in [-0.3, -0.25) is 4.79 Å². The van der Waals surface area contributed by atoms with Crippen molar-refractivity contribution in [2.75, 3.05) is 13.1 Å². The molecule has 3 aromatic rings. The molecule has 2 aromatic carbocycles. The fraction of sp³-hybridized carbons (Fsp3) is 0.364. The minimum absolute atomic E-state index is 0.0332. The van der Waals surface area contributed by atoms with E-state index >= 15 is 0 Å². The molecule has 0 radical (unpaired) electrons. The second-order valence-electron chi connectivity index (χ2n) is 7.57. The maximum atomic E-state index is 13.1. The number of nitrogens with zero attached hydrogens (tertiary/aromatic N) is 2. The number of carbonyl (C=O) groups is 1. The van der Waals surface area contributed by atoms with Crippen LogP contribution in [0.5, 0.6) is 0 Å². The van der Waals surface area contributed by atoms with Crippen LogP contribution in [0.25, 0.3) is 11.0 Å². The Bertz CT molecular complexity index is 1150. The molecule has 0 spiro atoms. The third-order valence-electron chi connectivity index (χ3n) is 5.18. The number of carbonyl (C=O) groups excluding carboxylic acids is 1. The Morgan fingerprint density at radius 1 is 1.16 bits per heavy atom. The van der Waals surface area contributed by atoms with Crippen molar-refractivity contribution in [3.63, 3.8) is 0 Å². The number of hydrogen-bond acceptors (Lipinski definition) is 4. The van der Waals surface area contributed by atoms with Crippen LogP contribution in [0.1, 0.15) is 49.9 Å². The van der Waals surface area contributed by atoms with Crippen LogP contribution in [0, 0.1) is 5.92 Å². The molecule has 0 saturated heterocycles. The van der Waals surface area contributed by atoms with E-state index in [-0.39, 0.29) is 21.4 Å². The number of imidazole rings is 1. The van der Waals surface area contributed by atoms with Gasteiger partial charge in [-0.1, -0.05) is 51.4 Å². The second kappa shape index (κ2) is 9.38. The van der Waals surface area contributed by atoms with Crippen molar-refractivity contribution in [2.24, 2.45) is 5.92 Å². The van der Waals surface area contributed by atoms with E-state index in [9.17, 15) is 13.2 Å². The minimum Gasteiger partial charge on any atom is -0.342 e. The molecule has 0 aliphatic rings. The number of benzene rings is 2. The molecule has 31 heavy (non-hydrogen) atoms. The molecule has 0 saturated carbocycles. The van der Waals surface area contributed by atoms with E-state index in [1.54, 1.807) is 13.8 Å². The van der Waals surface area contributed by atoms with Gasteiger partial charge in [-0.25, -0.2) is 13.4 Å². The fourth-order valence-corrected chi connectivity index (χ4v) is 5.13. The first-order valence-corrected chi connectivity index (χ1v) is 12.1. The normalized spacial score (nSPS) is 13.1. The van der Waals surface area contributed by atoms with Gasteiger partial charge in [0.2, 0.25) is 10.0 Å². The molecule has 1 amide bonds. The van der Waals surface area contributed by atoms with Crippen LogP contribution < -0.4 is 5.32 Å². The summed E-state index contributed by atoms with van der Waals surface area (Å²) < 4.78 is 27.1. The topological polar surface area (TPSA) is 95.2 Å². The highest BCUT2D eigenvalue weighted by Crippen LogP contribution is 2.26. The van der Waals surface area contributed by atoms with Gasteiger partial charge in [0.1, 0.15) is 5.82 Å². The van der Waals surface area contributed by atoms with Gasteiger partial charge in [0.05, 0.1) is 32.6 Å². The summed E-state index contributed by atoms with van der Waals surface area (Å²) in [4.78, 5) is 21.0. The first kappa shape index (κ1) is 23.2. The lowest BCUT2D eigenvalue weighted by atomic mass is 10.0. The van der Waals surface area contributed by atoms with E-state index < -0.39 is 22.0 Å². The molecule has 7 nitrogen and oxygen atoms in total. The maximum Gasteiger partial charge on any atom is 0.253 e. The number of fused-ring (bicyclic) bond motifs is 1. The van der Waals surface area contributed by atoms with Crippen LogP contribution in [0.15, 0.2) is 47.4 Å². The lowest BCUT2D eigenvalue weighted by molar-refractivity contribution is 0.0923. The molecule has 166 valence electrons. The lowest BCUT2D eigenvalue weighted by Crippen LogP contribution is -2.33. The minimum atomic E-state index is -3.71. The van der Waals surface area contributed by atoms with E-state index in [0.717, 1.165) is 11.0 Å². The number of rotatable bonds is 8. The third kappa shape index (κ3) is 4.76. The Balaban J connectivity index is 1.94. The first-order valence-electron chi connectivity index (χ1n) is 10.2. The molecule has 2 N–H and O–H groups in total. The van der Waals surface area contributed by atoms with Crippen LogP contribution in [0.2, 0.25) is 5.02 Å². The van der Waals surface area contributed by atoms with Gasteiger partial charge in [-0.05, 0) is 36.2 Å². The number of halogens is 1. The summed E-state index contributed by atoms with van der Waals surface area (Å²) in [5.41, 5.74) is 1.79. The Morgan fingerprint density at radius 3 is 2.45 bits per heavy atom. The quantitative estimate of drug-likeness (QED) is 0.519. The van der Waals surface area contributed by atoms with Crippen LogP contribution in [0.3, 0.4) is 0 Å². The largest absolute Gasteiger partial charge is 0.342 e. The van der Waals surface area contributed by atoms with E-state index in [0.29, 0.717) is 18.9 Å². The van der Waals surface area contributed by atoms with E-state index in [1.165, 1.54) is 22.5 Å². The average Bonchev–Trinajstić information content (AvgIpc) is 3.16. The highest BCUT2D eigenvalue weighted by atomic mass is 35.5. The zero-order chi connectivity index (χ0) is 22.8. The Hall–Kier alpha value is -2.42. The summed E-state index contributed by atoms with van der Waals surface area (Å²) in [5, 5.41) is 3.14. The molecule has 1 heterocycles. The molecule has 3 rings (SSSR count). The Labute approximate surface area is 187 Å². The lowest BCUT2D eigenvalue weighted by Gasteiger charge is -2.22. The van der Waals surface area contributed by atoms with Crippen molar-refractivity contribution in [3.8, 4) is 0 Å². The molecule has 0 bridgehead atoms. The predicted octanol–water partition coefficient (Wildman–Crippen LogP) is 4.37. The van der Waals surface area contributed by atoms with E-state index in [1.807, 2.05) is 38.1 Å². The van der Waals surface area contributed by atoms with Gasteiger partial charge in [0.15, 0.2) is 0 Å². The Kier molecular flexibility index (Phi) is 7.03. The van der Waals surface area contributed by atoms with Crippen molar-refractivity contribution in [1.82, 2.24) is 19.6 Å². The zero-order valence-corrected chi connectivity index (χ0v) is 19.6. The van der Waals surface area contributed by atoms with Crippen molar-refractivity contribution in [2.45, 2.75) is 38.6 Å². The molecule has 0 fully saturated rings. The van der Waals surface area contributed by atoms with Gasteiger partial charge in [0, 0.05) is 13.1 Å². The number of aromatic nitrogens is 2. The van der Waals surface area contributed by atoms with Crippen LogP contribution in [-0.4, -0.2) is 41.7 Å². The number of para-hydroxylation sites is 2. The second-order valence-corrected chi connectivity index (χ2v) is 9.91. The SMILES string of the molecule is CCN(CC)S(=O)(=O)c1ccc(Cl)c(C(=O)N[C@H](c2nc3ccccc3[nH]2)C(C)C)c1. The van der Waals surface area contributed by atoms with Crippen molar-refractivity contribution < 1.29 is 13.2 Å². The van der Waals surface area contributed by atoms with Gasteiger partial charge in [0.25, 0.3) is 5.91 Å². The molecule has 1 aromatic heterocycles. The van der Waals surface area contributed by atoms with Crippen LogP contribution >= 0.6 is 11.6 Å². The van der Waals surface area contributed by atoms with E-state index in [4.69, 9.17) is 11.6 Å². The van der Waals surface area contributed by atoms with Crippen molar-refractivity contribution >= 4 is 38.6 Å². The summed E-state index contributed by atoms with van der Waals surface area (Å²) in [5.74, 6) is 0.208. The van der Waals surface area contributed by atoms with Gasteiger partial charge >= 0.3 is 0 Å². The third-order valence-corrected chi connectivity index (χ3v) is 7.56. The monoisotopic (exact) mass is 462 g/mol. The number of aromatic amines is 1. The van der Waals surface area contributed by atoms with E-state index in [2.05, 4.69) is 15.3 Å². The van der Waals surface area contributed by atoms with Gasteiger partial charge in [-0.15, -0.1) is 0 Å². The summed E-state index contributed by atoms with van der Waals surface area (Å²) in [6.07, 6.45) is 0. The molecule has 0 unspecified atom stereocenters. The van der Waals surface area contributed by atoms with Crippen LogP contribution in [0.4, 0.5) is 0 Å². The molecular weight excluding hydrogens is 436 g/mol. The molecule has 1 atom stereocenters. The summed E-state index contributed by atoms with van der Waals surface area (Å²) in [6.45, 7) is 8.16. The number of nitrogens with one attached hydrogen (secondary N) is 2. The fourth-order valence-electron chi connectivity index (χ4n) is 3.44. The van der Waals surface area contributed by atoms with Crippen molar-refractivity contribution in [3.05, 3.63) is 58.9 Å². The standard InChI is InChI=1S/C22H27ClN4O3S/c1-5-27(6-2)31(29,30)15-11-12-17(23)16(13-15)22(28)26-20(14(3)4)21-24-18-9-7-8-10-19(18)25-21/h7-14,20H,5-6H2,1-4H3,(H,24,25)(H,26,28)/t20-/m0/s1. The highest BCUT2D eigenvalue weighted by Gasteiger charge is 2.26. The number of amides is 1. The summed E-state index contributed by atoms with van der Waals surface area (Å²) >= 11 is 6.27. The predicted molar refractivity (Wildman–Crippen MR) is 123 cm³/mol. The number of H-pyrrole nitrogens is 1. The molecule has 0 aliphatic heterocycles. The molecule has 9 heteroatoms. The van der Waals surface area contributed by atoms with Gasteiger partial charge < -0.3 is 10.3 Å². The van der Waals surface area contributed by atoms with Gasteiger partial charge in [-0.2, -0.15) is 4.31 Å². The molecular formula is C22H27ClN4O3S. The number of hydrogen-bond donors (Lipinski definition) is 2. The summed E-state index contributed by atoms with van der Waals surface area (Å²) in [6, 6.07) is 11.4. The Morgan fingerprint density at radius 2 is 1.84 bits per heavy atom. The van der Waals surface area contributed by atoms with Crippen molar-refractivity contribution in [1.29, 1.82) is 0 Å². The zero-order valence-electron chi connectivity index (χ0n) is 18.0. The molecule has 0 aliphatic carbocycles. The maximum absolute atomic E-state index is 13.1. The van der Waals surface area contributed by atoms with Crippen LogP contribution in [-0.2, 0) is 10.0 Å². The highest BCUT2D eigenvalue weighted by molar-refractivity contribution is 7.89.